The molecule has 28 heavy (non-hydrogen) atoms. The van der Waals surface area contributed by atoms with Crippen molar-refractivity contribution in [2.75, 3.05) is 13.1 Å². The van der Waals surface area contributed by atoms with Crippen LogP contribution in [0.4, 0.5) is 8.78 Å². The molecule has 5 nitrogen and oxygen atoms in total. The number of nitriles is 1. The number of halogens is 2. The van der Waals surface area contributed by atoms with E-state index in [1.165, 1.54) is 12.3 Å². The summed E-state index contributed by atoms with van der Waals surface area (Å²) in [6, 6.07) is 7.23. The number of nitrogens with one attached hydrogen (secondary N) is 1. The van der Waals surface area contributed by atoms with E-state index in [1.807, 2.05) is 12.1 Å². The Morgan fingerprint density at radius 3 is 2.86 bits per heavy atom. The second kappa shape index (κ2) is 6.95. The molecule has 1 N–H and O–H groups in total. The monoisotopic (exact) mass is 382 g/mol. The topological polar surface area (TPSA) is 69.0 Å². The van der Waals surface area contributed by atoms with E-state index >= 15 is 0 Å². The lowest BCUT2D eigenvalue weighted by atomic mass is 9.90. The highest BCUT2D eigenvalue weighted by atomic mass is 19.1. The summed E-state index contributed by atoms with van der Waals surface area (Å²) in [6.45, 7) is 2.55. The van der Waals surface area contributed by atoms with Gasteiger partial charge in [-0.2, -0.15) is 5.26 Å². The first kappa shape index (κ1) is 18.5. The van der Waals surface area contributed by atoms with Gasteiger partial charge in [-0.1, -0.05) is 6.07 Å². The van der Waals surface area contributed by atoms with Gasteiger partial charge in [0.1, 0.15) is 17.7 Å². The van der Waals surface area contributed by atoms with E-state index in [9.17, 15) is 13.6 Å². The fourth-order valence-corrected chi connectivity index (χ4v) is 4.13. The van der Waals surface area contributed by atoms with Gasteiger partial charge >= 0.3 is 0 Å². The third-order valence-electron chi connectivity index (χ3n) is 5.67. The van der Waals surface area contributed by atoms with Crippen molar-refractivity contribution in [3.05, 3.63) is 64.5 Å². The predicted octanol–water partition coefficient (Wildman–Crippen LogP) is 2.96. The standard InChI is InChI=1S/C21H20F2N4O/c1-13(20-18(23)8-14(10-24)11-25-20)26-19(28)12-27-7-4-15-2-3-16(22)9-17(15)21(27)5-6-21/h2-3,8-9,11,13H,4-7,12H2,1H3,(H,26,28)/t13-/m0/s1. The number of carbonyl (C=O) groups excluding carboxylic acids is 1. The summed E-state index contributed by atoms with van der Waals surface area (Å²) >= 11 is 0. The van der Waals surface area contributed by atoms with Crippen molar-refractivity contribution >= 4 is 5.91 Å². The molecule has 1 aromatic heterocycles. The third kappa shape index (κ3) is 3.25. The zero-order valence-corrected chi connectivity index (χ0v) is 15.5. The first-order chi connectivity index (χ1) is 13.4. The highest BCUT2D eigenvalue weighted by molar-refractivity contribution is 5.78. The van der Waals surface area contributed by atoms with Crippen molar-refractivity contribution in [1.29, 1.82) is 5.26 Å². The van der Waals surface area contributed by atoms with Gasteiger partial charge < -0.3 is 5.32 Å². The van der Waals surface area contributed by atoms with Gasteiger partial charge in [0, 0.05) is 18.3 Å². The minimum Gasteiger partial charge on any atom is -0.347 e. The molecule has 4 rings (SSSR count). The number of rotatable bonds is 4. The van der Waals surface area contributed by atoms with E-state index in [0.717, 1.165) is 43.0 Å². The molecule has 1 atom stereocenters. The highest BCUT2D eigenvalue weighted by Crippen LogP contribution is 2.54. The Morgan fingerprint density at radius 1 is 1.39 bits per heavy atom. The van der Waals surface area contributed by atoms with Crippen LogP contribution in [0.2, 0.25) is 0 Å². The minimum atomic E-state index is -0.620. The lowest BCUT2D eigenvalue weighted by molar-refractivity contribution is -0.124. The van der Waals surface area contributed by atoms with Crippen LogP contribution in [0.25, 0.3) is 0 Å². The summed E-state index contributed by atoms with van der Waals surface area (Å²) in [5, 5.41) is 11.6. The molecule has 0 unspecified atom stereocenters. The number of benzene rings is 1. The molecule has 0 saturated heterocycles. The quantitative estimate of drug-likeness (QED) is 0.883. The summed E-state index contributed by atoms with van der Waals surface area (Å²) in [6.07, 6.45) is 3.86. The van der Waals surface area contributed by atoms with Gasteiger partial charge in [0.05, 0.1) is 23.8 Å². The maximum Gasteiger partial charge on any atom is 0.234 e. The van der Waals surface area contributed by atoms with E-state index in [1.54, 1.807) is 13.0 Å². The number of hydrogen-bond acceptors (Lipinski definition) is 4. The molecule has 2 heterocycles. The summed E-state index contributed by atoms with van der Waals surface area (Å²) in [7, 11) is 0. The van der Waals surface area contributed by atoms with Gasteiger partial charge in [0.2, 0.25) is 5.91 Å². The summed E-state index contributed by atoms with van der Waals surface area (Å²) in [5.41, 5.74) is 2.11. The fraction of sp³-hybridized carbons (Fsp3) is 0.381. The van der Waals surface area contributed by atoms with Crippen LogP contribution in [0.3, 0.4) is 0 Å². The van der Waals surface area contributed by atoms with Crippen LogP contribution >= 0.6 is 0 Å². The number of aromatic nitrogens is 1. The summed E-state index contributed by atoms with van der Waals surface area (Å²) in [4.78, 5) is 18.7. The molecule has 7 heteroatoms. The van der Waals surface area contributed by atoms with Gasteiger partial charge in [0.15, 0.2) is 0 Å². The minimum absolute atomic E-state index is 0.0968. The molecule has 1 amide bonds. The Kier molecular flexibility index (Phi) is 4.60. The maximum atomic E-state index is 14.1. The smallest absolute Gasteiger partial charge is 0.234 e. The number of nitrogens with zero attached hydrogens (tertiary/aromatic N) is 3. The molecule has 1 saturated carbocycles. The van der Waals surface area contributed by atoms with Gasteiger partial charge in [-0.05, 0) is 55.5 Å². The van der Waals surface area contributed by atoms with Crippen molar-refractivity contribution in [1.82, 2.24) is 15.2 Å². The molecular formula is C21H20F2N4O. The van der Waals surface area contributed by atoms with Crippen LogP contribution in [0.1, 0.15) is 48.2 Å². The van der Waals surface area contributed by atoms with Gasteiger partial charge in [0.25, 0.3) is 0 Å². The van der Waals surface area contributed by atoms with E-state index in [0.29, 0.717) is 0 Å². The molecule has 1 aromatic carbocycles. The molecule has 1 aliphatic carbocycles. The highest BCUT2D eigenvalue weighted by Gasteiger charge is 2.52. The van der Waals surface area contributed by atoms with E-state index < -0.39 is 11.9 Å². The number of fused-ring (bicyclic) bond motifs is 2. The fourth-order valence-electron chi connectivity index (χ4n) is 4.13. The van der Waals surface area contributed by atoms with Gasteiger partial charge in [-0.3, -0.25) is 14.7 Å². The van der Waals surface area contributed by atoms with Crippen LogP contribution in [0, 0.1) is 23.0 Å². The van der Waals surface area contributed by atoms with Crippen molar-refractivity contribution in [3.8, 4) is 6.07 Å². The molecule has 1 fully saturated rings. The Bertz CT molecular complexity index is 981. The molecule has 0 radical (unpaired) electrons. The lowest BCUT2D eigenvalue weighted by Gasteiger charge is -2.37. The van der Waals surface area contributed by atoms with Gasteiger partial charge in [-0.25, -0.2) is 8.78 Å². The first-order valence-electron chi connectivity index (χ1n) is 9.32. The second-order valence-corrected chi connectivity index (χ2v) is 7.50. The van der Waals surface area contributed by atoms with Crippen LogP contribution < -0.4 is 5.32 Å². The Balaban J connectivity index is 1.45. The second-order valence-electron chi connectivity index (χ2n) is 7.50. The zero-order valence-electron chi connectivity index (χ0n) is 15.5. The maximum absolute atomic E-state index is 14.1. The van der Waals surface area contributed by atoms with Crippen LogP contribution in [0.15, 0.2) is 30.5 Å². The predicted molar refractivity (Wildman–Crippen MR) is 98.1 cm³/mol. The Hall–Kier alpha value is -2.85. The molecule has 144 valence electrons. The average Bonchev–Trinajstić information content (AvgIpc) is 3.46. The third-order valence-corrected chi connectivity index (χ3v) is 5.67. The molecule has 2 aliphatic rings. The molecule has 1 spiro atoms. The molecule has 1 aliphatic heterocycles. The normalized spacial score (nSPS) is 18.2. The van der Waals surface area contributed by atoms with Crippen molar-refractivity contribution in [2.24, 2.45) is 0 Å². The Morgan fingerprint density at radius 2 is 2.18 bits per heavy atom. The van der Waals surface area contributed by atoms with Gasteiger partial charge in [-0.15, -0.1) is 0 Å². The molecule has 0 bridgehead atoms. The molecule has 2 aromatic rings. The Labute approximate surface area is 162 Å². The average molecular weight is 382 g/mol. The van der Waals surface area contributed by atoms with E-state index in [4.69, 9.17) is 5.26 Å². The van der Waals surface area contributed by atoms with Crippen molar-refractivity contribution in [3.63, 3.8) is 0 Å². The van der Waals surface area contributed by atoms with Crippen LogP contribution in [-0.4, -0.2) is 28.9 Å². The van der Waals surface area contributed by atoms with Crippen molar-refractivity contribution < 1.29 is 13.6 Å². The van der Waals surface area contributed by atoms with Crippen LogP contribution in [0.5, 0.6) is 0 Å². The lowest BCUT2D eigenvalue weighted by Crippen LogP contribution is -2.47. The number of hydrogen-bond donors (Lipinski definition) is 1. The SMILES string of the molecule is C[C@H](NC(=O)CN1CCc2ccc(F)cc2C12CC2)c1ncc(C#N)cc1F. The summed E-state index contributed by atoms with van der Waals surface area (Å²) < 4.78 is 27.9. The first-order valence-corrected chi connectivity index (χ1v) is 9.32. The number of carbonyl (C=O) groups is 1. The van der Waals surface area contributed by atoms with Crippen LogP contribution in [-0.2, 0) is 16.8 Å². The van der Waals surface area contributed by atoms with Crippen molar-refractivity contribution in [2.45, 2.75) is 37.8 Å². The van der Waals surface area contributed by atoms with E-state index in [-0.39, 0.29) is 35.1 Å². The van der Waals surface area contributed by atoms with E-state index in [2.05, 4.69) is 15.2 Å². The largest absolute Gasteiger partial charge is 0.347 e. The number of pyridine rings is 1. The molecular weight excluding hydrogens is 362 g/mol. The summed E-state index contributed by atoms with van der Waals surface area (Å²) in [5.74, 6) is -1.11. The zero-order chi connectivity index (χ0) is 19.9. The number of amides is 1.